The predicted octanol–water partition coefficient (Wildman–Crippen LogP) is -0.263. The maximum Gasteiger partial charge on any atom is 0.278 e. The quantitative estimate of drug-likeness (QED) is 0.739. The molecule has 1 fully saturated rings. The van der Waals surface area contributed by atoms with Crippen molar-refractivity contribution in [2.75, 3.05) is 32.7 Å². The van der Waals surface area contributed by atoms with Gasteiger partial charge in [-0.1, -0.05) is 32.0 Å². The molecule has 0 spiro atoms. The highest BCUT2D eigenvalue weighted by molar-refractivity contribution is 7.89. The summed E-state index contributed by atoms with van der Waals surface area (Å²) in [6.07, 6.45) is 0. The van der Waals surface area contributed by atoms with E-state index >= 15 is 0 Å². The zero-order valence-electron chi connectivity index (χ0n) is 14.7. The third kappa shape index (κ3) is 4.55. The second kappa shape index (κ2) is 8.09. The Hall–Kier alpha value is -1.44. The van der Waals surface area contributed by atoms with Gasteiger partial charge in [0.15, 0.2) is 6.04 Å². The van der Waals surface area contributed by atoms with Crippen LogP contribution in [0.3, 0.4) is 0 Å². The molecule has 1 aromatic carbocycles. The number of carbonyl (C=O) groups is 1. The maximum absolute atomic E-state index is 12.6. The van der Waals surface area contributed by atoms with Gasteiger partial charge >= 0.3 is 0 Å². The SMILES string of the molecule is CC(C)CNC(=O)[C@@H](C)[NH+]1CCN(S(=O)(=O)c2ccccc2)CC1. The van der Waals surface area contributed by atoms with Crippen molar-refractivity contribution >= 4 is 15.9 Å². The summed E-state index contributed by atoms with van der Waals surface area (Å²) in [4.78, 5) is 13.6. The molecule has 1 saturated heterocycles. The first-order valence-corrected chi connectivity index (χ1v) is 9.94. The maximum atomic E-state index is 12.6. The molecule has 1 atom stereocenters. The Bertz CT molecular complexity index is 638. The first-order chi connectivity index (χ1) is 11.3. The molecular weight excluding hydrogens is 326 g/mol. The Morgan fingerprint density at radius 2 is 1.75 bits per heavy atom. The number of nitrogens with one attached hydrogen (secondary N) is 2. The van der Waals surface area contributed by atoms with Gasteiger partial charge in [0.2, 0.25) is 10.0 Å². The molecule has 7 heteroatoms. The van der Waals surface area contributed by atoms with Crippen LogP contribution in [0.4, 0.5) is 0 Å². The van der Waals surface area contributed by atoms with Crippen LogP contribution in [0.15, 0.2) is 35.2 Å². The Balaban J connectivity index is 1.92. The van der Waals surface area contributed by atoms with Gasteiger partial charge in [-0.2, -0.15) is 4.31 Å². The lowest BCUT2D eigenvalue weighted by Crippen LogP contribution is -3.19. The van der Waals surface area contributed by atoms with E-state index in [1.165, 1.54) is 4.31 Å². The van der Waals surface area contributed by atoms with E-state index in [0.29, 0.717) is 43.5 Å². The van der Waals surface area contributed by atoms with E-state index in [2.05, 4.69) is 19.2 Å². The van der Waals surface area contributed by atoms with Crippen molar-refractivity contribution in [2.45, 2.75) is 31.7 Å². The molecule has 1 heterocycles. The molecule has 0 saturated carbocycles. The van der Waals surface area contributed by atoms with Gasteiger partial charge in [-0.25, -0.2) is 8.42 Å². The number of amides is 1. The molecule has 24 heavy (non-hydrogen) atoms. The lowest BCUT2D eigenvalue weighted by Gasteiger charge is -2.34. The number of hydrogen-bond acceptors (Lipinski definition) is 3. The summed E-state index contributed by atoms with van der Waals surface area (Å²) in [7, 11) is -3.43. The fraction of sp³-hybridized carbons (Fsp3) is 0.588. The minimum atomic E-state index is -3.43. The molecule has 6 nitrogen and oxygen atoms in total. The third-order valence-corrected chi connectivity index (χ3v) is 6.35. The number of hydrogen-bond donors (Lipinski definition) is 2. The lowest BCUT2D eigenvalue weighted by atomic mass is 10.2. The molecule has 2 rings (SSSR count). The number of sulfonamides is 1. The molecule has 0 aromatic heterocycles. The van der Waals surface area contributed by atoms with Gasteiger partial charge < -0.3 is 10.2 Å². The highest BCUT2D eigenvalue weighted by atomic mass is 32.2. The largest absolute Gasteiger partial charge is 0.351 e. The summed E-state index contributed by atoms with van der Waals surface area (Å²) in [6.45, 7) is 8.86. The standard InChI is InChI=1S/C17H27N3O3S/c1-14(2)13-18-17(21)15(3)19-9-11-20(12-10-19)24(22,23)16-7-5-4-6-8-16/h4-8,14-15H,9-13H2,1-3H3,(H,18,21)/p+1/t15-/m1/s1. The van der Waals surface area contributed by atoms with Crippen LogP contribution in [0.25, 0.3) is 0 Å². The highest BCUT2D eigenvalue weighted by Gasteiger charge is 2.34. The van der Waals surface area contributed by atoms with E-state index in [1.54, 1.807) is 30.3 Å². The van der Waals surface area contributed by atoms with Gasteiger partial charge in [0.1, 0.15) is 0 Å². The Kier molecular flexibility index (Phi) is 6.37. The minimum Gasteiger partial charge on any atom is -0.351 e. The van der Waals surface area contributed by atoms with Crippen LogP contribution in [0.1, 0.15) is 20.8 Å². The zero-order chi connectivity index (χ0) is 17.7. The van der Waals surface area contributed by atoms with E-state index in [1.807, 2.05) is 6.92 Å². The van der Waals surface area contributed by atoms with Crippen LogP contribution in [0, 0.1) is 5.92 Å². The van der Waals surface area contributed by atoms with E-state index in [-0.39, 0.29) is 11.9 Å². The fourth-order valence-electron chi connectivity index (χ4n) is 2.83. The summed E-state index contributed by atoms with van der Waals surface area (Å²) in [5.41, 5.74) is 0. The van der Waals surface area contributed by atoms with Gasteiger partial charge in [-0.05, 0) is 25.0 Å². The molecular formula is C17H28N3O3S+. The average molecular weight is 354 g/mol. The van der Waals surface area contributed by atoms with Crippen molar-refractivity contribution in [1.29, 1.82) is 0 Å². The predicted molar refractivity (Wildman–Crippen MR) is 93.2 cm³/mol. The second-order valence-electron chi connectivity index (χ2n) is 6.74. The first-order valence-electron chi connectivity index (χ1n) is 8.50. The zero-order valence-corrected chi connectivity index (χ0v) is 15.5. The van der Waals surface area contributed by atoms with Gasteiger partial charge in [-0.15, -0.1) is 0 Å². The molecule has 1 aliphatic heterocycles. The monoisotopic (exact) mass is 354 g/mol. The molecule has 1 aliphatic rings. The summed E-state index contributed by atoms with van der Waals surface area (Å²) < 4.78 is 26.7. The molecule has 0 aliphatic carbocycles. The summed E-state index contributed by atoms with van der Waals surface area (Å²) in [5, 5.41) is 2.95. The van der Waals surface area contributed by atoms with Crippen LogP contribution < -0.4 is 10.2 Å². The van der Waals surface area contributed by atoms with Crippen LogP contribution in [0.5, 0.6) is 0 Å². The summed E-state index contributed by atoms with van der Waals surface area (Å²) in [6, 6.07) is 8.35. The topological polar surface area (TPSA) is 70.9 Å². The van der Waals surface area contributed by atoms with Crippen molar-refractivity contribution in [3.05, 3.63) is 30.3 Å². The van der Waals surface area contributed by atoms with Crippen molar-refractivity contribution < 1.29 is 18.1 Å². The van der Waals surface area contributed by atoms with Gasteiger partial charge in [-0.3, -0.25) is 4.79 Å². The first kappa shape index (κ1) is 18.9. The number of rotatable bonds is 6. The Morgan fingerprint density at radius 3 is 2.29 bits per heavy atom. The third-order valence-electron chi connectivity index (χ3n) is 4.44. The van der Waals surface area contributed by atoms with E-state index in [0.717, 1.165) is 4.90 Å². The van der Waals surface area contributed by atoms with Crippen molar-refractivity contribution in [3.63, 3.8) is 0 Å². The number of quaternary nitrogens is 1. The molecule has 0 unspecified atom stereocenters. The lowest BCUT2D eigenvalue weighted by molar-refractivity contribution is -0.917. The fourth-order valence-corrected chi connectivity index (χ4v) is 4.29. The van der Waals surface area contributed by atoms with Crippen LogP contribution in [-0.4, -0.2) is 57.4 Å². The van der Waals surface area contributed by atoms with Crippen LogP contribution >= 0.6 is 0 Å². The van der Waals surface area contributed by atoms with E-state index in [4.69, 9.17) is 0 Å². The van der Waals surface area contributed by atoms with E-state index in [9.17, 15) is 13.2 Å². The average Bonchev–Trinajstić information content (AvgIpc) is 2.59. The second-order valence-corrected chi connectivity index (χ2v) is 8.67. The number of carbonyl (C=O) groups excluding carboxylic acids is 1. The molecule has 0 radical (unpaired) electrons. The van der Waals surface area contributed by atoms with E-state index < -0.39 is 10.0 Å². The summed E-state index contributed by atoms with van der Waals surface area (Å²) in [5.74, 6) is 0.460. The summed E-state index contributed by atoms with van der Waals surface area (Å²) >= 11 is 0. The highest BCUT2D eigenvalue weighted by Crippen LogP contribution is 2.14. The van der Waals surface area contributed by atoms with Crippen molar-refractivity contribution in [3.8, 4) is 0 Å². The van der Waals surface area contributed by atoms with Crippen LogP contribution in [0.2, 0.25) is 0 Å². The normalized spacial score (nSPS) is 18.5. The minimum absolute atomic E-state index is 0.0399. The van der Waals surface area contributed by atoms with Gasteiger partial charge in [0.25, 0.3) is 5.91 Å². The van der Waals surface area contributed by atoms with Gasteiger partial charge in [0.05, 0.1) is 31.1 Å². The molecule has 2 N–H and O–H groups in total. The van der Waals surface area contributed by atoms with Crippen molar-refractivity contribution in [1.82, 2.24) is 9.62 Å². The molecule has 1 amide bonds. The molecule has 1 aromatic rings. The number of piperazine rings is 1. The number of benzene rings is 1. The number of nitrogens with zero attached hydrogens (tertiary/aromatic N) is 1. The van der Waals surface area contributed by atoms with Crippen LogP contribution in [-0.2, 0) is 14.8 Å². The molecule has 0 bridgehead atoms. The Morgan fingerprint density at radius 1 is 1.17 bits per heavy atom. The molecule has 134 valence electrons. The smallest absolute Gasteiger partial charge is 0.278 e. The van der Waals surface area contributed by atoms with Gasteiger partial charge in [0, 0.05) is 6.54 Å². The Labute approximate surface area is 144 Å². The van der Waals surface area contributed by atoms with Crippen molar-refractivity contribution in [2.24, 2.45) is 5.92 Å².